The van der Waals surface area contributed by atoms with E-state index in [9.17, 15) is 4.79 Å². The molecule has 0 aromatic rings. The number of carbonyl (C=O) groups excluding carboxylic acids is 1. The van der Waals surface area contributed by atoms with Gasteiger partial charge in [0.05, 0.1) is 5.41 Å². The smallest absolute Gasteiger partial charge is 0.230 e. The van der Waals surface area contributed by atoms with Crippen molar-refractivity contribution in [2.75, 3.05) is 54.4 Å². The van der Waals surface area contributed by atoms with Crippen LogP contribution in [0.4, 0.5) is 0 Å². The number of aliphatic imine (C=N–C) groups is 1. The zero-order valence-electron chi connectivity index (χ0n) is 16.6. The van der Waals surface area contributed by atoms with E-state index < -0.39 is 0 Å². The molecule has 2 rings (SSSR count). The lowest BCUT2D eigenvalue weighted by atomic mass is 9.84. The molecule has 0 radical (unpaired) electrons. The largest absolute Gasteiger partial charge is 0.356 e. The molecular weight excluding hydrogens is 314 g/mol. The Balaban J connectivity index is 1.76. The van der Waals surface area contributed by atoms with Crippen molar-refractivity contribution in [2.24, 2.45) is 16.3 Å². The number of rotatable bonds is 6. The van der Waals surface area contributed by atoms with Gasteiger partial charge in [-0.05, 0) is 58.2 Å². The van der Waals surface area contributed by atoms with Crippen molar-refractivity contribution in [1.29, 1.82) is 0 Å². The molecule has 1 saturated heterocycles. The first-order valence-corrected chi connectivity index (χ1v) is 9.82. The first-order valence-electron chi connectivity index (χ1n) is 9.82. The number of likely N-dealkylation sites (tertiary alicyclic amines) is 1. The fraction of sp³-hybridized carbons (Fsp3) is 0.895. The third-order valence-electron chi connectivity index (χ3n) is 5.92. The van der Waals surface area contributed by atoms with Gasteiger partial charge in [-0.2, -0.15) is 0 Å². The molecule has 0 spiro atoms. The summed E-state index contributed by atoms with van der Waals surface area (Å²) in [6.45, 7) is 4.06. The highest BCUT2D eigenvalue weighted by atomic mass is 16.2. The lowest BCUT2D eigenvalue weighted by molar-refractivity contribution is -0.138. The van der Waals surface area contributed by atoms with Gasteiger partial charge < -0.3 is 20.4 Å². The number of amides is 1. The Hall–Kier alpha value is -1.30. The molecule has 144 valence electrons. The molecule has 0 bridgehead atoms. The number of hydrogen-bond acceptors (Lipinski definition) is 3. The van der Waals surface area contributed by atoms with Crippen LogP contribution in [0, 0.1) is 11.3 Å². The molecule has 2 aliphatic rings. The van der Waals surface area contributed by atoms with Crippen LogP contribution in [0.25, 0.3) is 0 Å². The zero-order valence-corrected chi connectivity index (χ0v) is 16.6. The summed E-state index contributed by atoms with van der Waals surface area (Å²) in [5.41, 5.74) is -0.255. The van der Waals surface area contributed by atoms with E-state index in [1.165, 1.54) is 32.4 Å². The Kier molecular flexibility index (Phi) is 7.54. The number of nitrogens with one attached hydrogen (secondary N) is 2. The fourth-order valence-electron chi connectivity index (χ4n) is 4.21. The molecule has 6 nitrogen and oxygen atoms in total. The monoisotopic (exact) mass is 351 g/mol. The summed E-state index contributed by atoms with van der Waals surface area (Å²) in [7, 11) is 7.72. The number of carbonyl (C=O) groups is 1. The van der Waals surface area contributed by atoms with Gasteiger partial charge in [-0.25, -0.2) is 0 Å². The third-order valence-corrected chi connectivity index (χ3v) is 5.92. The number of hydrogen-bond donors (Lipinski definition) is 2. The van der Waals surface area contributed by atoms with Crippen molar-refractivity contribution < 1.29 is 4.79 Å². The van der Waals surface area contributed by atoms with Crippen molar-refractivity contribution in [3.05, 3.63) is 0 Å². The highest BCUT2D eigenvalue weighted by molar-refractivity contribution is 5.85. The van der Waals surface area contributed by atoms with Crippen molar-refractivity contribution in [2.45, 2.75) is 44.9 Å². The first kappa shape index (κ1) is 20.0. The zero-order chi connectivity index (χ0) is 18.3. The average Bonchev–Trinajstić information content (AvgIpc) is 3.08. The van der Waals surface area contributed by atoms with Gasteiger partial charge >= 0.3 is 0 Å². The molecule has 2 N–H and O–H groups in total. The summed E-state index contributed by atoms with van der Waals surface area (Å²) in [4.78, 5) is 21.1. The van der Waals surface area contributed by atoms with Gasteiger partial charge in [0.25, 0.3) is 0 Å². The molecule has 2 fully saturated rings. The molecule has 0 atom stereocenters. The predicted molar refractivity (Wildman–Crippen MR) is 104 cm³/mol. The Morgan fingerprint density at radius 1 is 1.20 bits per heavy atom. The fourth-order valence-corrected chi connectivity index (χ4v) is 4.21. The summed E-state index contributed by atoms with van der Waals surface area (Å²) in [6, 6.07) is 0. The summed E-state index contributed by atoms with van der Waals surface area (Å²) < 4.78 is 0. The van der Waals surface area contributed by atoms with Gasteiger partial charge in [-0.15, -0.1) is 0 Å². The van der Waals surface area contributed by atoms with Gasteiger partial charge in [-0.3, -0.25) is 9.79 Å². The molecule has 0 aromatic carbocycles. The van der Waals surface area contributed by atoms with Crippen molar-refractivity contribution in [3.8, 4) is 0 Å². The van der Waals surface area contributed by atoms with E-state index in [4.69, 9.17) is 0 Å². The lowest BCUT2D eigenvalue weighted by Crippen LogP contribution is -2.49. The maximum atomic E-state index is 12.6. The van der Waals surface area contributed by atoms with Crippen LogP contribution >= 0.6 is 0 Å². The van der Waals surface area contributed by atoms with E-state index in [0.717, 1.165) is 44.1 Å². The molecule has 1 heterocycles. The van der Waals surface area contributed by atoms with Gasteiger partial charge in [0.15, 0.2) is 5.96 Å². The van der Waals surface area contributed by atoms with E-state index in [1.54, 1.807) is 11.9 Å². The second kappa shape index (κ2) is 9.41. The molecule has 25 heavy (non-hydrogen) atoms. The Morgan fingerprint density at radius 3 is 2.40 bits per heavy atom. The molecule has 0 unspecified atom stereocenters. The molecule has 0 aromatic heterocycles. The maximum Gasteiger partial charge on any atom is 0.230 e. The third kappa shape index (κ3) is 5.59. The Labute approximate surface area is 153 Å². The standard InChI is InChI=1S/C19H37N5O/c1-20-18(21-12-7-16-8-13-24(4)14-9-16)22-15-19(10-5-6-11-19)17(25)23(2)3/h16H,5-15H2,1-4H3,(H2,20,21,22). The molecule has 1 saturated carbocycles. The SMILES string of the molecule is CN=C(NCCC1CCN(C)CC1)NCC1(C(=O)N(C)C)CCCC1. The van der Waals surface area contributed by atoms with E-state index in [-0.39, 0.29) is 11.3 Å². The predicted octanol–water partition coefficient (Wildman–Crippen LogP) is 1.53. The summed E-state index contributed by atoms with van der Waals surface area (Å²) in [5, 5.41) is 6.85. The molecule has 1 aliphatic carbocycles. The van der Waals surface area contributed by atoms with E-state index in [0.29, 0.717) is 6.54 Å². The maximum absolute atomic E-state index is 12.6. The van der Waals surface area contributed by atoms with Crippen LogP contribution in [0.15, 0.2) is 4.99 Å². The molecular formula is C19H37N5O. The molecule has 1 aliphatic heterocycles. The quantitative estimate of drug-likeness (QED) is 0.563. The second-order valence-electron chi connectivity index (χ2n) is 8.07. The minimum absolute atomic E-state index is 0.249. The van der Waals surface area contributed by atoms with Crippen molar-refractivity contribution in [1.82, 2.24) is 20.4 Å². The van der Waals surface area contributed by atoms with Crippen LogP contribution < -0.4 is 10.6 Å². The van der Waals surface area contributed by atoms with Crippen LogP contribution in [0.1, 0.15) is 44.9 Å². The van der Waals surface area contributed by atoms with Gasteiger partial charge in [-0.1, -0.05) is 12.8 Å². The van der Waals surface area contributed by atoms with Crippen LogP contribution in [0.3, 0.4) is 0 Å². The number of guanidine groups is 1. The van der Waals surface area contributed by atoms with Crippen LogP contribution in [0.2, 0.25) is 0 Å². The normalized spacial score (nSPS) is 22.0. The molecule has 6 heteroatoms. The topological polar surface area (TPSA) is 60.0 Å². The Morgan fingerprint density at radius 2 is 1.84 bits per heavy atom. The lowest BCUT2D eigenvalue weighted by Gasteiger charge is -2.31. The average molecular weight is 352 g/mol. The summed E-state index contributed by atoms with van der Waals surface area (Å²) >= 11 is 0. The van der Waals surface area contributed by atoms with E-state index in [1.807, 2.05) is 14.1 Å². The number of nitrogens with zero attached hydrogens (tertiary/aromatic N) is 3. The first-order chi connectivity index (χ1) is 12.0. The van der Waals surface area contributed by atoms with E-state index >= 15 is 0 Å². The molecule has 1 amide bonds. The van der Waals surface area contributed by atoms with E-state index in [2.05, 4.69) is 27.6 Å². The van der Waals surface area contributed by atoms with Gasteiger partial charge in [0.2, 0.25) is 5.91 Å². The highest BCUT2D eigenvalue weighted by Crippen LogP contribution is 2.38. The minimum atomic E-state index is -0.255. The van der Waals surface area contributed by atoms with Crippen LogP contribution in [-0.4, -0.2) is 76.0 Å². The second-order valence-corrected chi connectivity index (χ2v) is 8.07. The summed E-state index contributed by atoms with van der Waals surface area (Å²) in [6.07, 6.45) is 8.02. The van der Waals surface area contributed by atoms with Crippen LogP contribution in [0.5, 0.6) is 0 Å². The van der Waals surface area contributed by atoms with Crippen molar-refractivity contribution in [3.63, 3.8) is 0 Å². The van der Waals surface area contributed by atoms with Gasteiger partial charge in [0.1, 0.15) is 0 Å². The highest BCUT2D eigenvalue weighted by Gasteiger charge is 2.42. The Bertz CT molecular complexity index is 449. The number of piperidine rings is 1. The summed E-state index contributed by atoms with van der Waals surface area (Å²) in [5.74, 6) is 1.89. The van der Waals surface area contributed by atoms with Crippen LogP contribution in [-0.2, 0) is 4.79 Å². The van der Waals surface area contributed by atoms with Gasteiger partial charge in [0, 0.05) is 34.2 Å². The van der Waals surface area contributed by atoms with Crippen molar-refractivity contribution >= 4 is 11.9 Å². The minimum Gasteiger partial charge on any atom is -0.356 e.